The Morgan fingerprint density at radius 2 is 2.04 bits per heavy atom. The number of esters is 1. The monoisotopic (exact) mass is 364 g/mol. The lowest BCUT2D eigenvalue weighted by atomic mass is 10.0. The second-order valence-corrected chi connectivity index (χ2v) is 7.26. The molecule has 0 saturated carbocycles. The average Bonchev–Trinajstić information content (AvgIpc) is 3.05. The van der Waals surface area contributed by atoms with E-state index in [0.717, 1.165) is 38.8 Å². The number of carbonyl (C=O) groups excluding carboxylic acids is 2. The van der Waals surface area contributed by atoms with E-state index in [1.807, 2.05) is 23.4 Å². The molecule has 0 aromatic carbocycles. The van der Waals surface area contributed by atoms with E-state index in [9.17, 15) is 9.59 Å². The van der Waals surface area contributed by atoms with Crippen LogP contribution < -0.4 is 0 Å². The Balaban J connectivity index is 1.99. The second kappa shape index (κ2) is 9.71. The van der Waals surface area contributed by atoms with Crippen molar-refractivity contribution < 1.29 is 14.3 Å². The lowest BCUT2D eigenvalue weighted by Gasteiger charge is -2.35. The Morgan fingerprint density at radius 1 is 1.35 bits per heavy atom. The van der Waals surface area contributed by atoms with Crippen molar-refractivity contribution in [1.29, 1.82) is 0 Å². The number of hydrogen-bond donors (Lipinski definition) is 0. The number of hydrogen-bond acceptors (Lipinski definition) is 5. The Labute approximate surface area is 156 Å². The standard InChI is InChI=1S/C19H32N4O3/c1-5-6-7-18(25)26-16(19-20-10-13-22(19)4)14-17(24)23-11-8-15(9-12-23)21(2)3/h10,13,15-16H,5-9,11-12,14H2,1-4H3. The van der Waals surface area contributed by atoms with Gasteiger partial charge in [-0.05, 0) is 33.4 Å². The highest BCUT2D eigenvalue weighted by molar-refractivity contribution is 5.77. The van der Waals surface area contributed by atoms with Gasteiger partial charge in [0.1, 0.15) is 5.82 Å². The van der Waals surface area contributed by atoms with E-state index < -0.39 is 6.10 Å². The molecule has 146 valence electrons. The molecular weight excluding hydrogens is 332 g/mol. The van der Waals surface area contributed by atoms with Gasteiger partial charge in [-0.2, -0.15) is 0 Å². The van der Waals surface area contributed by atoms with Gasteiger partial charge in [-0.1, -0.05) is 13.3 Å². The molecule has 26 heavy (non-hydrogen) atoms. The molecule has 0 N–H and O–H groups in total. The fourth-order valence-electron chi connectivity index (χ4n) is 3.33. The van der Waals surface area contributed by atoms with Gasteiger partial charge >= 0.3 is 5.97 Å². The first-order valence-corrected chi connectivity index (χ1v) is 9.53. The van der Waals surface area contributed by atoms with Crippen molar-refractivity contribution in [2.24, 2.45) is 7.05 Å². The third-order valence-electron chi connectivity index (χ3n) is 5.06. The van der Waals surface area contributed by atoms with Gasteiger partial charge in [-0.25, -0.2) is 4.98 Å². The number of unbranched alkanes of at least 4 members (excludes halogenated alkanes) is 1. The van der Waals surface area contributed by atoms with Gasteiger partial charge in [0.2, 0.25) is 5.91 Å². The number of aromatic nitrogens is 2. The molecule has 1 aromatic rings. The van der Waals surface area contributed by atoms with Crippen LogP contribution in [0.1, 0.15) is 57.4 Å². The van der Waals surface area contributed by atoms with Crippen LogP contribution in [-0.2, 0) is 21.4 Å². The predicted molar refractivity (Wildman–Crippen MR) is 99.5 cm³/mol. The number of carbonyl (C=O) groups is 2. The van der Waals surface area contributed by atoms with Gasteiger partial charge < -0.3 is 19.1 Å². The zero-order valence-corrected chi connectivity index (χ0v) is 16.5. The van der Waals surface area contributed by atoms with Crippen LogP contribution in [0.2, 0.25) is 0 Å². The summed E-state index contributed by atoms with van der Waals surface area (Å²) in [6.45, 7) is 3.53. The maximum Gasteiger partial charge on any atom is 0.306 e. The van der Waals surface area contributed by atoms with E-state index in [2.05, 4.69) is 24.0 Å². The minimum atomic E-state index is -0.626. The van der Waals surface area contributed by atoms with E-state index in [4.69, 9.17) is 4.74 Å². The Kier molecular flexibility index (Phi) is 7.63. The smallest absolute Gasteiger partial charge is 0.306 e. The Morgan fingerprint density at radius 3 is 2.58 bits per heavy atom. The van der Waals surface area contributed by atoms with Gasteiger partial charge in [-0.3, -0.25) is 9.59 Å². The highest BCUT2D eigenvalue weighted by Gasteiger charge is 2.29. The van der Waals surface area contributed by atoms with Crippen molar-refractivity contribution in [2.45, 2.75) is 57.6 Å². The van der Waals surface area contributed by atoms with Gasteiger partial charge in [0.05, 0.1) is 6.42 Å². The highest BCUT2D eigenvalue weighted by Crippen LogP contribution is 2.23. The van der Waals surface area contributed by atoms with Crippen LogP contribution in [0.15, 0.2) is 12.4 Å². The van der Waals surface area contributed by atoms with Crippen LogP contribution in [0.25, 0.3) is 0 Å². The van der Waals surface area contributed by atoms with Gasteiger partial charge in [-0.15, -0.1) is 0 Å². The van der Waals surface area contributed by atoms with Crippen molar-refractivity contribution in [3.63, 3.8) is 0 Å². The maximum absolute atomic E-state index is 12.8. The molecule has 1 aromatic heterocycles. The van der Waals surface area contributed by atoms with Crippen molar-refractivity contribution in [3.8, 4) is 0 Å². The molecule has 1 fully saturated rings. The third kappa shape index (κ3) is 5.56. The van der Waals surface area contributed by atoms with Gasteiger partial charge in [0, 0.05) is 45.0 Å². The van der Waals surface area contributed by atoms with E-state index in [0.29, 0.717) is 18.3 Å². The summed E-state index contributed by atoms with van der Waals surface area (Å²) in [5.74, 6) is 0.379. The summed E-state index contributed by atoms with van der Waals surface area (Å²) in [6.07, 6.45) is 7.03. The molecule has 0 aliphatic carbocycles. The number of rotatable bonds is 8. The predicted octanol–water partition coefficient (Wildman–Crippen LogP) is 2.14. The van der Waals surface area contributed by atoms with Crippen LogP contribution in [0, 0.1) is 0 Å². The number of aryl methyl sites for hydroxylation is 1. The molecule has 7 nitrogen and oxygen atoms in total. The van der Waals surface area contributed by atoms with Crippen LogP contribution in [0.4, 0.5) is 0 Å². The fourth-order valence-corrected chi connectivity index (χ4v) is 3.33. The number of imidazole rings is 1. The number of nitrogens with zero attached hydrogens (tertiary/aromatic N) is 4. The topological polar surface area (TPSA) is 67.7 Å². The second-order valence-electron chi connectivity index (χ2n) is 7.26. The first-order valence-electron chi connectivity index (χ1n) is 9.53. The molecule has 7 heteroatoms. The highest BCUT2D eigenvalue weighted by atomic mass is 16.5. The summed E-state index contributed by atoms with van der Waals surface area (Å²) in [5.41, 5.74) is 0. The van der Waals surface area contributed by atoms with E-state index in [1.165, 1.54) is 0 Å². The first-order chi connectivity index (χ1) is 12.4. The molecule has 1 saturated heterocycles. The summed E-state index contributed by atoms with van der Waals surface area (Å²) < 4.78 is 7.43. The largest absolute Gasteiger partial charge is 0.454 e. The quantitative estimate of drug-likeness (QED) is 0.661. The molecule has 1 amide bonds. The normalized spacial score (nSPS) is 16.7. The minimum Gasteiger partial charge on any atom is -0.454 e. The van der Waals surface area contributed by atoms with Crippen molar-refractivity contribution in [1.82, 2.24) is 19.4 Å². The number of ether oxygens (including phenoxy) is 1. The molecule has 1 atom stereocenters. The molecule has 1 unspecified atom stereocenters. The Hall–Kier alpha value is -1.89. The van der Waals surface area contributed by atoms with Gasteiger partial charge in [0.15, 0.2) is 6.10 Å². The maximum atomic E-state index is 12.8. The third-order valence-corrected chi connectivity index (χ3v) is 5.06. The van der Waals surface area contributed by atoms with Crippen LogP contribution >= 0.6 is 0 Å². The van der Waals surface area contributed by atoms with Crippen LogP contribution in [0.5, 0.6) is 0 Å². The average molecular weight is 364 g/mol. The van der Waals surface area contributed by atoms with Crippen molar-refractivity contribution >= 4 is 11.9 Å². The molecule has 1 aliphatic rings. The lowest BCUT2D eigenvalue weighted by Crippen LogP contribution is -2.45. The molecule has 2 heterocycles. The summed E-state index contributed by atoms with van der Waals surface area (Å²) in [4.78, 5) is 33.3. The molecule has 0 spiro atoms. The van der Waals surface area contributed by atoms with Crippen molar-refractivity contribution in [2.75, 3.05) is 27.2 Å². The summed E-state index contributed by atoms with van der Waals surface area (Å²) in [5, 5.41) is 0. The van der Waals surface area contributed by atoms with Crippen molar-refractivity contribution in [3.05, 3.63) is 18.2 Å². The zero-order valence-electron chi connectivity index (χ0n) is 16.5. The van der Waals surface area contributed by atoms with Gasteiger partial charge in [0.25, 0.3) is 0 Å². The lowest BCUT2D eigenvalue weighted by molar-refractivity contribution is -0.153. The number of amides is 1. The minimum absolute atomic E-state index is 0.0264. The summed E-state index contributed by atoms with van der Waals surface area (Å²) in [6, 6.07) is 0.524. The molecule has 0 radical (unpaired) electrons. The van der Waals surface area contributed by atoms with E-state index in [-0.39, 0.29) is 18.3 Å². The fraction of sp³-hybridized carbons (Fsp3) is 0.737. The molecular formula is C19H32N4O3. The van der Waals surface area contributed by atoms with Crippen LogP contribution in [0.3, 0.4) is 0 Å². The first kappa shape index (κ1) is 20.4. The SMILES string of the molecule is CCCCC(=O)OC(CC(=O)N1CCC(N(C)C)CC1)c1nccn1C. The summed E-state index contributed by atoms with van der Waals surface area (Å²) in [7, 11) is 6.01. The van der Waals surface area contributed by atoms with E-state index in [1.54, 1.807) is 12.4 Å². The zero-order chi connectivity index (χ0) is 19.1. The van der Waals surface area contributed by atoms with Crippen LogP contribution in [-0.4, -0.2) is 64.5 Å². The molecule has 1 aliphatic heterocycles. The van der Waals surface area contributed by atoms with E-state index >= 15 is 0 Å². The molecule has 0 bridgehead atoms. The summed E-state index contributed by atoms with van der Waals surface area (Å²) >= 11 is 0. The Bertz CT molecular complexity index is 591. The number of likely N-dealkylation sites (tertiary alicyclic amines) is 1. The number of piperidine rings is 1. The molecule has 2 rings (SSSR count).